The van der Waals surface area contributed by atoms with Crippen LogP contribution in [0.5, 0.6) is 0 Å². The second-order valence-corrected chi connectivity index (χ2v) is 5.75. The number of H-pyrrole nitrogens is 1. The zero-order valence-corrected chi connectivity index (χ0v) is 13.1. The van der Waals surface area contributed by atoms with E-state index in [1.54, 1.807) is 12.3 Å². The van der Waals surface area contributed by atoms with E-state index in [4.69, 9.17) is 0 Å². The molecule has 2 rings (SSSR count). The van der Waals surface area contributed by atoms with Crippen molar-refractivity contribution in [1.82, 2.24) is 15.2 Å². The van der Waals surface area contributed by atoms with Crippen LogP contribution in [0.4, 0.5) is 0 Å². The van der Waals surface area contributed by atoms with Gasteiger partial charge >= 0.3 is 0 Å². The number of nitrogens with zero attached hydrogens (tertiary/aromatic N) is 1. The highest BCUT2D eigenvalue weighted by Gasteiger charge is 2.16. The summed E-state index contributed by atoms with van der Waals surface area (Å²) in [6.07, 6.45) is 1.75. The first-order chi connectivity index (χ1) is 9.58. The van der Waals surface area contributed by atoms with E-state index in [9.17, 15) is 4.79 Å². The number of benzene rings is 1. The van der Waals surface area contributed by atoms with Crippen LogP contribution in [0, 0.1) is 0 Å². The smallest absolute Gasteiger partial charge is 0.267 e. The van der Waals surface area contributed by atoms with Gasteiger partial charge in [-0.15, -0.1) is 0 Å². The fraction of sp³-hybridized carbons (Fsp3) is 0.267. The van der Waals surface area contributed by atoms with Gasteiger partial charge in [0.05, 0.1) is 6.04 Å². The van der Waals surface area contributed by atoms with Crippen molar-refractivity contribution < 1.29 is 4.79 Å². The fourth-order valence-corrected chi connectivity index (χ4v) is 2.40. The molecule has 1 heterocycles. The molecule has 0 spiro atoms. The summed E-state index contributed by atoms with van der Waals surface area (Å²) in [6.45, 7) is 0.562. The number of halogens is 1. The monoisotopic (exact) mass is 335 g/mol. The van der Waals surface area contributed by atoms with E-state index in [1.807, 2.05) is 32.3 Å². The lowest BCUT2D eigenvalue weighted by atomic mass is 10.1. The third kappa shape index (κ3) is 3.71. The molecule has 2 aromatic rings. The quantitative estimate of drug-likeness (QED) is 0.882. The maximum atomic E-state index is 12.0. The van der Waals surface area contributed by atoms with Gasteiger partial charge in [0.15, 0.2) is 0 Å². The summed E-state index contributed by atoms with van der Waals surface area (Å²) < 4.78 is 0.870. The van der Waals surface area contributed by atoms with Crippen LogP contribution >= 0.6 is 15.9 Å². The first-order valence-corrected chi connectivity index (χ1v) is 7.20. The Morgan fingerprint density at radius 1 is 1.35 bits per heavy atom. The van der Waals surface area contributed by atoms with Crippen molar-refractivity contribution in [1.29, 1.82) is 0 Å². The number of aromatic amines is 1. The number of likely N-dealkylation sites (N-methyl/N-ethyl adjacent to an activating group) is 1. The number of rotatable bonds is 5. The highest BCUT2D eigenvalue weighted by molar-refractivity contribution is 9.10. The molecular formula is C15H18BrN3O. The third-order valence-corrected chi connectivity index (χ3v) is 3.61. The average Bonchev–Trinajstić information content (AvgIpc) is 2.86. The van der Waals surface area contributed by atoms with Crippen LogP contribution in [-0.4, -0.2) is 36.4 Å². The molecule has 0 aliphatic heterocycles. The Kier molecular flexibility index (Phi) is 4.98. The standard InChI is InChI=1S/C15H18BrN3O/c1-19(2)14(11-6-4-3-5-7-11)10-18-15(20)13-8-12(16)9-17-13/h3-9,14,17H,10H2,1-2H3,(H,18,20). The lowest BCUT2D eigenvalue weighted by Gasteiger charge is -2.25. The number of carbonyl (C=O) groups excluding carboxylic acids is 1. The van der Waals surface area contributed by atoms with Gasteiger partial charge in [-0.25, -0.2) is 0 Å². The van der Waals surface area contributed by atoms with E-state index in [-0.39, 0.29) is 11.9 Å². The number of aromatic nitrogens is 1. The van der Waals surface area contributed by atoms with Crippen molar-refractivity contribution in [2.75, 3.05) is 20.6 Å². The molecule has 0 bridgehead atoms. The zero-order chi connectivity index (χ0) is 14.5. The minimum absolute atomic E-state index is 0.0986. The molecule has 0 radical (unpaired) electrons. The van der Waals surface area contributed by atoms with Gasteiger partial charge in [0.2, 0.25) is 0 Å². The van der Waals surface area contributed by atoms with Crippen LogP contribution in [0.1, 0.15) is 22.1 Å². The lowest BCUT2D eigenvalue weighted by Crippen LogP contribution is -2.34. The van der Waals surface area contributed by atoms with Crippen molar-refractivity contribution in [3.8, 4) is 0 Å². The number of amides is 1. The molecule has 106 valence electrons. The summed E-state index contributed by atoms with van der Waals surface area (Å²) in [6, 6.07) is 12.1. The van der Waals surface area contributed by atoms with Crippen molar-refractivity contribution >= 4 is 21.8 Å². The van der Waals surface area contributed by atoms with Gasteiger partial charge in [-0.2, -0.15) is 0 Å². The summed E-state index contributed by atoms with van der Waals surface area (Å²) in [5, 5.41) is 2.96. The second kappa shape index (κ2) is 6.72. The van der Waals surface area contributed by atoms with Crippen LogP contribution in [0.3, 0.4) is 0 Å². The molecule has 1 unspecified atom stereocenters. The van der Waals surface area contributed by atoms with Crippen molar-refractivity contribution in [2.45, 2.75) is 6.04 Å². The minimum Gasteiger partial charge on any atom is -0.356 e. The number of carbonyl (C=O) groups is 1. The van der Waals surface area contributed by atoms with E-state index >= 15 is 0 Å². The fourth-order valence-electron chi connectivity index (χ4n) is 2.06. The molecule has 2 N–H and O–H groups in total. The minimum atomic E-state index is -0.0986. The van der Waals surface area contributed by atoms with Crippen LogP contribution in [0.2, 0.25) is 0 Å². The molecule has 0 aliphatic rings. The van der Waals surface area contributed by atoms with Crippen molar-refractivity contribution in [2.24, 2.45) is 0 Å². The summed E-state index contributed by atoms with van der Waals surface area (Å²) in [7, 11) is 4.02. The Morgan fingerprint density at radius 3 is 2.60 bits per heavy atom. The molecule has 0 saturated heterocycles. The summed E-state index contributed by atoms with van der Waals surface area (Å²) in [4.78, 5) is 17.1. The third-order valence-electron chi connectivity index (χ3n) is 3.16. The molecule has 20 heavy (non-hydrogen) atoms. The van der Waals surface area contributed by atoms with E-state index < -0.39 is 0 Å². The van der Waals surface area contributed by atoms with Gasteiger partial charge in [0.1, 0.15) is 5.69 Å². The van der Waals surface area contributed by atoms with E-state index in [0.717, 1.165) is 4.47 Å². The first kappa shape index (κ1) is 14.8. The van der Waals surface area contributed by atoms with E-state index in [2.05, 4.69) is 43.3 Å². The Hall–Kier alpha value is -1.59. The maximum absolute atomic E-state index is 12.0. The van der Waals surface area contributed by atoms with Crippen molar-refractivity contribution in [3.05, 3.63) is 58.3 Å². The number of nitrogens with one attached hydrogen (secondary N) is 2. The van der Waals surface area contributed by atoms with E-state index in [1.165, 1.54) is 5.56 Å². The highest BCUT2D eigenvalue weighted by atomic mass is 79.9. The lowest BCUT2D eigenvalue weighted by molar-refractivity contribution is 0.0937. The van der Waals surface area contributed by atoms with Gasteiger partial charge in [0.25, 0.3) is 5.91 Å². The molecule has 1 aromatic carbocycles. The highest BCUT2D eigenvalue weighted by Crippen LogP contribution is 2.17. The molecule has 5 heteroatoms. The average molecular weight is 336 g/mol. The van der Waals surface area contributed by atoms with Crippen LogP contribution in [0.15, 0.2) is 47.1 Å². The predicted octanol–water partition coefficient (Wildman–Crippen LogP) is 2.81. The van der Waals surface area contributed by atoms with Gasteiger partial charge in [-0.05, 0) is 41.7 Å². The Balaban J connectivity index is 2.01. The normalized spacial score (nSPS) is 12.4. The Labute approximate surface area is 127 Å². The molecule has 4 nitrogen and oxygen atoms in total. The largest absolute Gasteiger partial charge is 0.356 e. The second-order valence-electron chi connectivity index (χ2n) is 4.83. The van der Waals surface area contributed by atoms with Crippen LogP contribution in [-0.2, 0) is 0 Å². The van der Waals surface area contributed by atoms with Crippen LogP contribution in [0.25, 0.3) is 0 Å². The number of hydrogen-bond donors (Lipinski definition) is 2. The Bertz CT molecular complexity index is 566. The molecule has 0 aliphatic carbocycles. The van der Waals surface area contributed by atoms with Gasteiger partial charge < -0.3 is 15.2 Å². The Morgan fingerprint density at radius 2 is 2.05 bits per heavy atom. The molecule has 0 fully saturated rings. The molecular weight excluding hydrogens is 318 g/mol. The zero-order valence-electron chi connectivity index (χ0n) is 11.6. The predicted molar refractivity (Wildman–Crippen MR) is 83.7 cm³/mol. The summed E-state index contributed by atoms with van der Waals surface area (Å²) in [5.74, 6) is -0.0986. The molecule has 0 saturated carbocycles. The van der Waals surface area contributed by atoms with E-state index in [0.29, 0.717) is 12.2 Å². The topological polar surface area (TPSA) is 48.1 Å². The SMILES string of the molecule is CN(C)C(CNC(=O)c1cc(Br)c[nH]1)c1ccccc1. The van der Waals surface area contributed by atoms with Crippen molar-refractivity contribution in [3.63, 3.8) is 0 Å². The van der Waals surface area contributed by atoms with Gasteiger partial charge in [-0.3, -0.25) is 4.79 Å². The van der Waals surface area contributed by atoms with Gasteiger partial charge in [0, 0.05) is 17.2 Å². The molecule has 1 aromatic heterocycles. The van der Waals surface area contributed by atoms with Gasteiger partial charge in [-0.1, -0.05) is 30.3 Å². The summed E-state index contributed by atoms with van der Waals surface area (Å²) in [5.41, 5.74) is 1.74. The summed E-state index contributed by atoms with van der Waals surface area (Å²) >= 11 is 3.32. The van der Waals surface area contributed by atoms with Crippen LogP contribution < -0.4 is 5.32 Å². The molecule has 1 amide bonds. The maximum Gasteiger partial charge on any atom is 0.267 e. The first-order valence-electron chi connectivity index (χ1n) is 6.41. The molecule has 1 atom stereocenters. The number of hydrogen-bond acceptors (Lipinski definition) is 2.